The maximum Gasteiger partial charge on any atom is 0.335 e. The summed E-state index contributed by atoms with van der Waals surface area (Å²) in [5.41, 5.74) is 1.91. The molecule has 1 heterocycles. The van der Waals surface area contributed by atoms with E-state index >= 15 is 0 Å². The van der Waals surface area contributed by atoms with Crippen molar-refractivity contribution in [1.82, 2.24) is 0 Å². The molecule has 1 aliphatic heterocycles. The fraction of sp³-hybridized carbons (Fsp3) is 0.316. The predicted octanol–water partition coefficient (Wildman–Crippen LogP) is 2.82. The second kappa shape index (κ2) is 7.53. The van der Waals surface area contributed by atoms with Gasteiger partial charge in [-0.2, -0.15) is 0 Å². The maximum absolute atomic E-state index is 11.4. The topological polar surface area (TPSA) is 106 Å². The monoisotopic (exact) mass is 362 g/mol. The Morgan fingerprint density at radius 2 is 1.65 bits per heavy atom. The van der Waals surface area contributed by atoms with E-state index in [-0.39, 0.29) is 23.1 Å². The number of carboxylic acid groups (broad SMARTS) is 1. The molecule has 0 radical (unpaired) electrons. The van der Waals surface area contributed by atoms with Crippen molar-refractivity contribution in [2.75, 3.05) is 21.3 Å². The maximum atomic E-state index is 11.4. The van der Waals surface area contributed by atoms with Crippen molar-refractivity contribution in [1.29, 1.82) is 0 Å². The number of hydrogen-bond donors (Lipinski definition) is 1. The highest BCUT2D eigenvalue weighted by atomic mass is 16.5. The minimum absolute atomic E-state index is 0. The first-order valence-corrected chi connectivity index (χ1v) is 7.84. The number of aromatic carboxylic acids is 1. The molecule has 0 spiro atoms. The van der Waals surface area contributed by atoms with Gasteiger partial charge in [-0.15, -0.1) is 0 Å². The highest BCUT2D eigenvalue weighted by Gasteiger charge is 2.36. The van der Waals surface area contributed by atoms with Gasteiger partial charge in [0.15, 0.2) is 23.0 Å². The third kappa shape index (κ3) is 3.13. The van der Waals surface area contributed by atoms with E-state index in [1.807, 2.05) is 25.1 Å². The largest absolute Gasteiger partial charge is 0.493 e. The zero-order chi connectivity index (χ0) is 18.1. The number of methoxy groups -OCH3 is 3. The van der Waals surface area contributed by atoms with Crippen molar-refractivity contribution in [3.05, 3.63) is 47.0 Å². The van der Waals surface area contributed by atoms with E-state index in [1.54, 1.807) is 20.3 Å². The van der Waals surface area contributed by atoms with Crippen LogP contribution in [0.1, 0.15) is 40.4 Å². The normalized spacial score (nSPS) is 17.5. The average molecular weight is 362 g/mol. The summed E-state index contributed by atoms with van der Waals surface area (Å²) in [6.45, 7) is 2.00. The molecule has 0 aliphatic carbocycles. The Balaban J connectivity index is 0.00000243. The first-order valence-electron chi connectivity index (χ1n) is 7.84. The molecule has 3 rings (SSSR count). The van der Waals surface area contributed by atoms with E-state index in [4.69, 9.17) is 18.9 Å². The quantitative estimate of drug-likeness (QED) is 0.877. The van der Waals surface area contributed by atoms with Crippen LogP contribution in [-0.2, 0) is 0 Å². The van der Waals surface area contributed by atoms with E-state index in [2.05, 4.69) is 0 Å². The van der Waals surface area contributed by atoms with E-state index < -0.39 is 5.97 Å². The van der Waals surface area contributed by atoms with Gasteiger partial charge < -0.3 is 29.5 Å². The van der Waals surface area contributed by atoms with Crippen LogP contribution in [0, 0.1) is 0 Å². The Hall–Kier alpha value is -2.93. The van der Waals surface area contributed by atoms with Gasteiger partial charge in [0.2, 0.25) is 0 Å². The molecule has 0 unspecified atom stereocenters. The zero-order valence-electron chi connectivity index (χ0n) is 15.0. The van der Waals surface area contributed by atoms with E-state index in [0.29, 0.717) is 23.0 Å². The van der Waals surface area contributed by atoms with Gasteiger partial charge in [-0.25, -0.2) is 4.79 Å². The molecule has 0 fully saturated rings. The van der Waals surface area contributed by atoms with Gasteiger partial charge >= 0.3 is 5.97 Å². The predicted molar refractivity (Wildman–Crippen MR) is 94.9 cm³/mol. The van der Waals surface area contributed by atoms with Gasteiger partial charge in [0.25, 0.3) is 0 Å². The van der Waals surface area contributed by atoms with Crippen LogP contribution in [-0.4, -0.2) is 37.9 Å². The lowest BCUT2D eigenvalue weighted by molar-refractivity contribution is 0.0696. The molecule has 0 aromatic heterocycles. The zero-order valence-corrected chi connectivity index (χ0v) is 15.0. The molecule has 0 saturated carbocycles. The minimum atomic E-state index is -0.997. The van der Waals surface area contributed by atoms with Crippen molar-refractivity contribution >= 4 is 5.97 Å². The van der Waals surface area contributed by atoms with Crippen LogP contribution in [0.2, 0.25) is 0 Å². The SMILES string of the molecule is COc1ccc([C@@H]2Oc3c(OC)cc(C(=O)O)cc3[C@H]2C)cc1OC.O. The Bertz CT molecular complexity index is 816. The van der Waals surface area contributed by atoms with Crippen LogP contribution < -0.4 is 18.9 Å². The lowest BCUT2D eigenvalue weighted by Crippen LogP contribution is -2.08. The van der Waals surface area contributed by atoms with Crippen LogP contribution >= 0.6 is 0 Å². The first kappa shape index (κ1) is 19.4. The molecule has 7 heteroatoms. The third-order valence-corrected chi connectivity index (χ3v) is 4.48. The Labute approximate surface area is 151 Å². The van der Waals surface area contributed by atoms with Crippen molar-refractivity contribution in [2.24, 2.45) is 0 Å². The Morgan fingerprint density at radius 3 is 2.23 bits per heavy atom. The lowest BCUT2D eigenvalue weighted by Gasteiger charge is -2.18. The number of ether oxygens (including phenoxy) is 4. The number of fused-ring (bicyclic) bond motifs is 1. The fourth-order valence-electron chi connectivity index (χ4n) is 3.14. The standard InChI is InChI=1S/C19H20O6.H2O/c1-10-13-7-12(19(20)21)9-16(24-4)18(13)25-17(10)11-5-6-14(22-2)15(8-11)23-3;/h5-10,17H,1-4H3,(H,20,21);1H2/t10-,17-;/m1./s1. The summed E-state index contributed by atoms with van der Waals surface area (Å²) in [4.78, 5) is 11.4. The van der Waals surface area contributed by atoms with E-state index in [9.17, 15) is 9.90 Å². The second-order valence-corrected chi connectivity index (χ2v) is 5.84. The number of benzene rings is 2. The first-order chi connectivity index (χ1) is 12.0. The second-order valence-electron chi connectivity index (χ2n) is 5.84. The summed E-state index contributed by atoms with van der Waals surface area (Å²) in [7, 11) is 4.66. The van der Waals surface area contributed by atoms with Crippen LogP contribution in [0.25, 0.3) is 0 Å². The van der Waals surface area contributed by atoms with Crippen molar-refractivity contribution < 1.29 is 34.3 Å². The van der Waals surface area contributed by atoms with Gasteiger partial charge in [-0.1, -0.05) is 13.0 Å². The smallest absolute Gasteiger partial charge is 0.335 e. The average Bonchev–Trinajstić information content (AvgIpc) is 2.97. The van der Waals surface area contributed by atoms with Crippen LogP contribution in [0.4, 0.5) is 0 Å². The van der Waals surface area contributed by atoms with Gasteiger partial charge in [-0.05, 0) is 29.8 Å². The summed E-state index contributed by atoms with van der Waals surface area (Å²) in [5.74, 6) is 1.22. The molecule has 2 aromatic rings. The highest BCUT2D eigenvalue weighted by molar-refractivity contribution is 5.89. The van der Waals surface area contributed by atoms with Gasteiger partial charge in [0, 0.05) is 11.5 Å². The van der Waals surface area contributed by atoms with Crippen molar-refractivity contribution in [2.45, 2.75) is 18.9 Å². The number of hydrogen-bond acceptors (Lipinski definition) is 5. The summed E-state index contributed by atoms with van der Waals surface area (Å²) in [6.07, 6.45) is -0.271. The van der Waals surface area contributed by atoms with Gasteiger partial charge in [0.1, 0.15) is 6.10 Å². The van der Waals surface area contributed by atoms with E-state index in [0.717, 1.165) is 11.1 Å². The van der Waals surface area contributed by atoms with E-state index in [1.165, 1.54) is 13.2 Å². The summed E-state index contributed by atoms with van der Waals surface area (Å²) in [5, 5.41) is 9.30. The van der Waals surface area contributed by atoms with Crippen molar-refractivity contribution in [3.63, 3.8) is 0 Å². The minimum Gasteiger partial charge on any atom is -0.493 e. The van der Waals surface area contributed by atoms with Gasteiger partial charge in [-0.3, -0.25) is 0 Å². The molecule has 140 valence electrons. The lowest BCUT2D eigenvalue weighted by atomic mass is 9.91. The third-order valence-electron chi connectivity index (χ3n) is 4.48. The molecular formula is C19H22O7. The number of rotatable bonds is 5. The molecular weight excluding hydrogens is 340 g/mol. The number of carbonyl (C=O) groups is 1. The molecule has 1 aliphatic rings. The molecule has 2 atom stereocenters. The highest BCUT2D eigenvalue weighted by Crippen LogP contribution is 2.51. The van der Waals surface area contributed by atoms with Gasteiger partial charge in [0.05, 0.1) is 26.9 Å². The number of carboxylic acids is 1. The summed E-state index contributed by atoms with van der Waals surface area (Å²) < 4.78 is 22.1. The molecule has 7 nitrogen and oxygen atoms in total. The molecule has 3 N–H and O–H groups in total. The summed E-state index contributed by atoms with van der Waals surface area (Å²) in [6, 6.07) is 8.74. The fourth-order valence-corrected chi connectivity index (χ4v) is 3.14. The Kier molecular flexibility index (Phi) is 5.62. The molecule has 26 heavy (non-hydrogen) atoms. The Morgan fingerprint density at radius 1 is 1.00 bits per heavy atom. The summed E-state index contributed by atoms with van der Waals surface area (Å²) >= 11 is 0. The van der Waals surface area contributed by atoms with Crippen LogP contribution in [0.3, 0.4) is 0 Å². The molecule has 0 bridgehead atoms. The molecule has 0 amide bonds. The van der Waals surface area contributed by atoms with Crippen LogP contribution in [0.15, 0.2) is 30.3 Å². The molecule has 0 saturated heterocycles. The van der Waals surface area contributed by atoms with Crippen molar-refractivity contribution in [3.8, 4) is 23.0 Å². The molecule has 2 aromatic carbocycles. The van der Waals surface area contributed by atoms with Crippen LogP contribution in [0.5, 0.6) is 23.0 Å².